The maximum atomic E-state index is 11.5. The molecule has 3 nitrogen and oxygen atoms in total. The Morgan fingerprint density at radius 1 is 1.08 bits per heavy atom. The molecule has 24 heavy (non-hydrogen) atoms. The van der Waals surface area contributed by atoms with E-state index in [4.69, 9.17) is 0 Å². The highest BCUT2D eigenvalue weighted by Crippen LogP contribution is 2.37. The molecule has 0 radical (unpaired) electrons. The lowest BCUT2D eigenvalue weighted by Gasteiger charge is -2.24. The summed E-state index contributed by atoms with van der Waals surface area (Å²) >= 11 is 5.31. The fourth-order valence-electron chi connectivity index (χ4n) is 3.27. The molecule has 0 aliphatic carbocycles. The number of amidine groups is 1. The van der Waals surface area contributed by atoms with Gasteiger partial charge in [-0.3, -0.25) is 0 Å². The van der Waals surface area contributed by atoms with Crippen LogP contribution in [0.4, 0.5) is 5.69 Å². The molecule has 2 heterocycles. The maximum Gasteiger partial charge on any atom is 0.316 e. The highest BCUT2D eigenvalue weighted by atomic mass is 79.9. The minimum atomic E-state index is -0.973. The molecule has 2 aliphatic rings. The number of anilines is 1. The van der Waals surface area contributed by atoms with Crippen molar-refractivity contribution in [3.63, 3.8) is 0 Å². The van der Waals surface area contributed by atoms with Gasteiger partial charge in [0, 0.05) is 15.8 Å². The number of benzene rings is 2. The van der Waals surface area contributed by atoms with Gasteiger partial charge in [-0.2, -0.15) is 0 Å². The second-order valence-corrected chi connectivity index (χ2v) is 7.86. The smallest absolute Gasteiger partial charge is 0.316 e. The lowest BCUT2D eigenvalue weighted by molar-refractivity contribution is -0.656. The monoisotopic (exact) mass is 469 g/mol. The van der Waals surface area contributed by atoms with Crippen LogP contribution in [0.2, 0.25) is 0 Å². The highest BCUT2D eigenvalue weighted by Gasteiger charge is 2.53. The van der Waals surface area contributed by atoms with E-state index in [0.717, 1.165) is 39.6 Å². The van der Waals surface area contributed by atoms with Gasteiger partial charge in [0.2, 0.25) is 0 Å². The second kappa shape index (κ2) is 7.20. The van der Waals surface area contributed by atoms with E-state index >= 15 is 0 Å². The lowest BCUT2D eigenvalue weighted by atomic mass is 10.0. The minimum Gasteiger partial charge on any atom is -0.346 e. The van der Waals surface area contributed by atoms with Gasteiger partial charge in [-0.15, -0.1) is 17.0 Å². The van der Waals surface area contributed by atoms with Crippen molar-refractivity contribution >= 4 is 55.5 Å². The first-order chi connectivity index (χ1) is 11.2. The highest BCUT2D eigenvalue weighted by molar-refractivity contribution is 9.10. The van der Waals surface area contributed by atoms with E-state index in [-0.39, 0.29) is 17.0 Å². The fourth-order valence-corrected chi connectivity index (χ4v) is 4.72. The van der Waals surface area contributed by atoms with Crippen LogP contribution in [0.3, 0.4) is 0 Å². The molecule has 2 aromatic rings. The summed E-state index contributed by atoms with van der Waals surface area (Å²) in [5, 5.41) is 12.7. The molecule has 0 fully saturated rings. The summed E-state index contributed by atoms with van der Waals surface area (Å²) in [6, 6.07) is 18.3. The van der Waals surface area contributed by atoms with Crippen molar-refractivity contribution in [2.75, 3.05) is 23.7 Å². The zero-order valence-corrected chi connectivity index (χ0v) is 17.2. The SMILES string of the molecule is Br.OC1(c2ccc(Br)cc2)CN(c2ccccc2)C2=[N+]1CCCS2. The quantitative estimate of drug-likeness (QED) is 0.666. The van der Waals surface area contributed by atoms with Crippen molar-refractivity contribution in [1.29, 1.82) is 0 Å². The number of hydrogen-bond acceptors (Lipinski definition) is 3. The summed E-state index contributed by atoms with van der Waals surface area (Å²) in [5.41, 5.74) is 1.10. The standard InChI is InChI=1S/C18H18BrN2OS.BrH/c19-15-9-7-14(8-10-15)18(22)13-20(16-5-2-1-3-6-16)17-21(18)11-4-12-23-17;/h1-3,5-10,22H,4,11-13H2;1H/q+1;. The van der Waals surface area contributed by atoms with Gasteiger partial charge in [0.15, 0.2) is 6.54 Å². The number of thioether (sulfide) groups is 1. The van der Waals surface area contributed by atoms with E-state index in [1.54, 1.807) is 0 Å². The number of nitrogens with zero attached hydrogens (tertiary/aromatic N) is 2. The molecular formula is C18H19Br2N2OS+. The van der Waals surface area contributed by atoms with Crippen LogP contribution in [0.15, 0.2) is 59.1 Å². The van der Waals surface area contributed by atoms with Crippen molar-refractivity contribution in [2.45, 2.75) is 12.1 Å². The van der Waals surface area contributed by atoms with Crippen molar-refractivity contribution in [3.05, 3.63) is 64.6 Å². The van der Waals surface area contributed by atoms with Crippen molar-refractivity contribution in [2.24, 2.45) is 0 Å². The first kappa shape index (κ1) is 18.0. The van der Waals surface area contributed by atoms with Crippen molar-refractivity contribution in [3.8, 4) is 0 Å². The molecule has 1 atom stereocenters. The zero-order valence-electron chi connectivity index (χ0n) is 13.1. The largest absolute Gasteiger partial charge is 0.346 e. The normalized spacial score (nSPS) is 23.0. The fraction of sp³-hybridized carbons (Fsp3) is 0.278. The summed E-state index contributed by atoms with van der Waals surface area (Å²) < 4.78 is 3.19. The van der Waals surface area contributed by atoms with Crippen LogP contribution in [0.5, 0.6) is 0 Å². The number of rotatable bonds is 2. The number of para-hydroxylation sites is 1. The van der Waals surface area contributed by atoms with E-state index in [9.17, 15) is 5.11 Å². The van der Waals surface area contributed by atoms with Crippen LogP contribution in [-0.2, 0) is 5.72 Å². The lowest BCUT2D eigenvalue weighted by Crippen LogP contribution is -2.41. The number of aliphatic hydroxyl groups is 1. The molecule has 126 valence electrons. The minimum absolute atomic E-state index is 0. The third-order valence-corrected chi connectivity index (χ3v) is 6.14. The predicted octanol–water partition coefficient (Wildman–Crippen LogP) is 4.20. The summed E-state index contributed by atoms with van der Waals surface area (Å²) in [6.07, 6.45) is 1.09. The molecular weight excluding hydrogens is 452 g/mol. The van der Waals surface area contributed by atoms with Gasteiger partial charge in [0.1, 0.15) is 5.69 Å². The van der Waals surface area contributed by atoms with Crippen LogP contribution in [0.1, 0.15) is 12.0 Å². The zero-order chi connectivity index (χ0) is 15.9. The first-order valence-electron chi connectivity index (χ1n) is 7.77. The Labute approximate surface area is 165 Å². The first-order valence-corrected chi connectivity index (χ1v) is 9.55. The number of halogens is 2. The van der Waals surface area contributed by atoms with Gasteiger partial charge in [-0.25, -0.2) is 9.48 Å². The summed E-state index contributed by atoms with van der Waals surface area (Å²) in [7, 11) is 0. The van der Waals surface area contributed by atoms with Crippen LogP contribution < -0.4 is 4.90 Å². The second-order valence-electron chi connectivity index (χ2n) is 5.88. The van der Waals surface area contributed by atoms with Gasteiger partial charge in [0.25, 0.3) is 5.72 Å². The van der Waals surface area contributed by atoms with Gasteiger partial charge in [-0.1, -0.05) is 46.3 Å². The van der Waals surface area contributed by atoms with Crippen molar-refractivity contribution in [1.82, 2.24) is 0 Å². The van der Waals surface area contributed by atoms with Gasteiger partial charge >= 0.3 is 5.17 Å². The molecule has 0 saturated heterocycles. The molecule has 0 aromatic heterocycles. The Balaban J connectivity index is 0.00000169. The van der Waals surface area contributed by atoms with Gasteiger partial charge in [-0.05, 0) is 42.4 Å². The van der Waals surface area contributed by atoms with Gasteiger partial charge < -0.3 is 5.11 Å². The Morgan fingerprint density at radius 2 is 1.79 bits per heavy atom. The molecule has 0 bridgehead atoms. The van der Waals surface area contributed by atoms with E-state index in [1.807, 2.05) is 54.2 Å². The Morgan fingerprint density at radius 3 is 2.50 bits per heavy atom. The molecule has 1 unspecified atom stereocenters. The molecule has 1 N–H and O–H groups in total. The molecule has 2 aliphatic heterocycles. The van der Waals surface area contributed by atoms with E-state index in [2.05, 4.69) is 37.5 Å². The number of β-amino-alcohol motifs (C(OH)–C–C–N with tert-alkyl or cyclic N) is 1. The van der Waals surface area contributed by atoms with Crippen LogP contribution in [0, 0.1) is 0 Å². The topological polar surface area (TPSA) is 26.5 Å². The van der Waals surface area contributed by atoms with E-state index in [0.29, 0.717) is 6.54 Å². The Kier molecular flexibility index (Phi) is 5.39. The average Bonchev–Trinajstić information content (AvgIpc) is 2.91. The Bertz CT molecular complexity index is 751. The van der Waals surface area contributed by atoms with Crippen LogP contribution >= 0.6 is 44.7 Å². The van der Waals surface area contributed by atoms with Crippen molar-refractivity contribution < 1.29 is 9.68 Å². The molecule has 6 heteroatoms. The Hall–Kier alpha value is -0.820. The molecule has 0 spiro atoms. The maximum absolute atomic E-state index is 11.5. The molecule has 2 aromatic carbocycles. The van der Waals surface area contributed by atoms with Gasteiger partial charge in [0.05, 0.1) is 6.54 Å². The summed E-state index contributed by atoms with van der Waals surface area (Å²) in [5.74, 6) is 1.10. The van der Waals surface area contributed by atoms with Crippen LogP contribution in [-0.4, -0.2) is 33.7 Å². The summed E-state index contributed by atoms with van der Waals surface area (Å²) in [4.78, 5) is 2.24. The molecule has 4 rings (SSSR count). The third-order valence-electron chi connectivity index (χ3n) is 4.42. The molecule has 0 amide bonds. The van der Waals surface area contributed by atoms with E-state index in [1.165, 1.54) is 0 Å². The number of hydrogen-bond donors (Lipinski definition) is 1. The summed E-state index contributed by atoms with van der Waals surface area (Å²) in [6.45, 7) is 1.44. The molecule has 0 saturated carbocycles. The van der Waals surface area contributed by atoms with E-state index < -0.39 is 5.72 Å². The van der Waals surface area contributed by atoms with Crippen LogP contribution in [0.25, 0.3) is 0 Å². The average molecular weight is 471 g/mol. The third kappa shape index (κ3) is 3.05. The predicted molar refractivity (Wildman–Crippen MR) is 109 cm³/mol.